The van der Waals surface area contributed by atoms with E-state index in [0.717, 1.165) is 24.8 Å². The van der Waals surface area contributed by atoms with Crippen LogP contribution in [0.3, 0.4) is 0 Å². The van der Waals surface area contributed by atoms with E-state index in [9.17, 15) is 14.0 Å². The number of nitrogens with zero attached hydrogens (tertiary/aromatic N) is 1. The van der Waals surface area contributed by atoms with Gasteiger partial charge < -0.3 is 24.4 Å². The molecule has 2 aromatic rings. The lowest BCUT2D eigenvalue weighted by Crippen LogP contribution is -2.36. The molecule has 0 spiro atoms. The molecular formula is C21H23FN2O5. The maximum atomic E-state index is 14.0. The minimum Gasteiger partial charge on any atom is -0.497 e. The number of halogens is 1. The Labute approximate surface area is 168 Å². The molecule has 1 saturated heterocycles. The molecule has 0 aliphatic carbocycles. The molecule has 0 saturated carbocycles. The molecule has 0 aromatic heterocycles. The minimum atomic E-state index is -1.09. The van der Waals surface area contributed by atoms with Crippen molar-refractivity contribution in [3.05, 3.63) is 53.8 Å². The summed E-state index contributed by atoms with van der Waals surface area (Å²) in [6.07, 6.45) is -1.09. The molecule has 1 heterocycles. The van der Waals surface area contributed by atoms with Crippen LogP contribution in [0.2, 0.25) is 0 Å². The first-order chi connectivity index (χ1) is 14.0. The van der Waals surface area contributed by atoms with Gasteiger partial charge in [-0.15, -0.1) is 0 Å². The van der Waals surface area contributed by atoms with Crippen molar-refractivity contribution in [1.82, 2.24) is 0 Å². The van der Waals surface area contributed by atoms with Gasteiger partial charge in [0, 0.05) is 30.5 Å². The summed E-state index contributed by atoms with van der Waals surface area (Å²) in [6.45, 7) is 4.45. The zero-order valence-electron chi connectivity index (χ0n) is 16.3. The Morgan fingerprint density at radius 2 is 1.83 bits per heavy atom. The number of ether oxygens (including phenoxy) is 3. The number of amides is 1. The van der Waals surface area contributed by atoms with Crippen molar-refractivity contribution in [2.75, 3.05) is 43.6 Å². The first-order valence-electron chi connectivity index (χ1n) is 9.26. The fourth-order valence-electron chi connectivity index (χ4n) is 2.89. The van der Waals surface area contributed by atoms with Gasteiger partial charge in [0.05, 0.1) is 25.9 Å². The van der Waals surface area contributed by atoms with Crippen molar-refractivity contribution >= 4 is 23.3 Å². The van der Waals surface area contributed by atoms with E-state index in [4.69, 9.17) is 14.2 Å². The number of carbonyl (C=O) groups is 2. The molecule has 1 aliphatic rings. The van der Waals surface area contributed by atoms with Crippen molar-refractivity contribution < 1.29 is 28.2 Å². The van der Waals surface area contributed by atoms with Crippen LogP contribution in [0.5, 0.6) is 5.75 Å². The van der Waals surface area contributed by atoms with E-state index in [-0.39, 0.29) is 11.3 Å². The number of carbonyl (C=O) groups excluding carboxylic acids is 2. The van der Waals surface area contributed by atoms with Crippen LogP contribution in [0.15, 0.2) is 42.5 Å². The summed E-state index contributed by atoms with van der Waals surface area (Å²) in [4.78, 5) is 26.7. The van der Waals surface area contributed by atoms with Crippen LogP contribution in [0.1, 0.15) is 17.3 Å². The van der Waals surface area contributed by atoms with E-state index in [0.29, 0.717) is 18.9 Å². The number of nitrogens with one attached hydrogen (secondary N) is 1. The Morgan fingerprint density at radius 3 is 2.45 bits per heavy atom. The van der Waals surface area contributed by atoms with Gasteiger partial charge in [-0.25, -0.2) is 9.18 Å². The van der Waals surface area contributed by atoms with Gasteiger partial charge in [0.1, 0.15) is 11.6 Å². The Hall–Kier alpha value is -3.13. The molecule has 8 heteroatoms. The smallest absolute Gasteiger partial charge is 0.341 e. The van der Waals surface area contributed by atoms with Crippen LogP contribution in [-0.4, -0.2) is 51.4 Å². The molecule has 7 nitrogen and oxygen atoms in total. The van der Waals surface area contributed by atoms with Crippen molar-refractivity contribution in [3.8, 4) is 5.75 Å². The van der Waals surface area contributed by atoms with Crippen LogP contribution in [0.25, 0.3) is 0 Å². The number of benzene rings is 2. The second-order valence-electron chi connectivity index (χ2n) is 6.53. The van der Waals surface area contributed by atoms with Crippen LogP contribution in [-0.2, 0) is 14.3 Å². The quantitative estimate of drug-likeness (QED) is 0.749. The molecule has 2 aromatic carbocycles. The Morgan fingerprint density at radius 1 is 1.14 bits per heavy atom. The standard InChI is InChI=1S/C21H23FN2O5/c1-14(29-21(26)18-8-7-17(27-2)13-19(18)22)20(25)23-15-3-5-16(6-4-15)24-9-11-28-12-10-24/h3-8,13-14H,9-12H2,1-2H3,(H,23,25). The number of methoxy groups -OCH3 is 1. The molecule has 3 rings (SSSR count). The van der Waals surface area contributed by atoms with E-state index in [1.165, 1.54) is 26.2 Å². The second kappa shape index (κ2) is 9.38. The summed E-state index contributed by atoms with van der Waals surface area (Å²) in [5, 5.41) is 2.69. The summed E-state index contributed by atoms with van der Waals surface area (Å²) in [5.41, 5.74) is 1.35. The number of rotatable bonds is 6. The average Bonchev–Trinajstić information content (AvgIpc) is 2.74. The van der Waals surface area contributed by atoms with Gasteiger partial charge in [0.2, 0.25) is 0 Å². The minimum absolute atomic E-state index is 0.264. The highest BCUT2D eigenvalue weighted by Gasteiger charge is 2.22. The van der Waals surface area contributed by atoms with Gasteiger partial charge in [0.15, 0.2) is 6.10 Å². The van der Waals surface area contributed by atoms with Crippen molar-refractivity contribution in [1.29, 1.82) is 0 Å². The Bertz CT molecular complexity index is 866. The highest BCUT2D eigenvalue weighted by molar-refractivity contribution is 5.97. The van der Waals surface area contributed by atoms with Crippen LogP contribution >= 0.6 is 0 Å². The maximum absolute atomic E-state index is 14.0. The van der Waals surface area contributed by atoms with Gasteiger partial charge >= 0.3 is 5.97 Å². The Balaban J connectivity index is 1.56. The van der Waals surface area contributed by atoms with Crippen LogP contribution in [0, 0.1) is 5.82 Å². The largest absolute Gasteiger partial charge is 0.497 e. The zero-order chi connectivity index (χ0) is 20.8. The van der Waals surface area contributed by atoms with E-state index in [2.05, 4.69) is 10.2 Å². The summed E-state index contributed by atoms with van der Waals surface area (Å²) in [6, 6.07) is 11.2. The molecular weight excluding hydrogens is 379 g/mol. The van der Waals surface area contributed by atoms with Crippen molar-refractivity contribution in [3.63, 3.8) is 0 Å². The summed E-state index contributed by atoms with van der Waals surface area (Å²) in [5.74, 6) is -1.92. The average molecular weight is 402 g/mol. The lowest BCUT2D eigenvalue weighted by atomic mass is 10.2. The van der Waals surface area contributed by atoms with E-state index >= 15 is 0 Å². The van der Waals surface area contributed by atoms with E-state index in [1.807, 2.05) is 12.1 Å². The normalized spacial score (nSPS) is 14.8. The maximum Gasteiger partial charge on any atom is 0.341 e. The first kappa shape index (κ1) is 20.6. The number of esters is 1. The molecule has 0 bridgehead atoms. The van der Waals surface area contributed by atoms with Gasteiger partial charge in [-0.2, -0.15) is 0 Å². The molecule has 0 radical (unpaired) electrons. The topological polar surface area (TPSA) is 77.1 Å². The van der Waals surface area contributed by atoms with Gasteiger partial charge in [-0.3, -0.25) is 4.79 Å². The summed E-state index contributed by atoms with van der Waals surface area (Å²) >= 11 is 0. The predicted octanol–water partition coefficient (Wildman–Crippen LogP) is 2.85. The number of anilines is 2. The molecule has 154 valence electrons. The molecule has 1 aliphatic heterocycles. The lowest BCUT2D eigenvalue weighted by molar-refractivity contribution is -0.123. The Kier molecular flexibility index (Phi) is 6.66. The number of hydrogen-bond acceptors (Lipinski definition) is 6. The highest BCUT2D eigenvalue weighted by atomic mass is 19.1. The fourth-order valence-corrected chi connectivity index (χ4v) is 2.89. The third-order valence-electron chi connectivity index (χ3n) is 4.56. The molecule has 1 atom stereocenters. The summed E-state index contributed by atoms with van der Waals surface area (Å²) in [7, 11) is 1.40. The van der Waals surface area contributed by atoms with Gasteiger partial charge in [-0.05, 0) is 43.3 Å². The second-order valence-corrected chi connectivity index (χ2v) is 6.53. The lowest BCUT2D eigenvalue weighted by Gasteiger charge is -2.28. The van der Waals surface area contributed by atoms with Gasteiger partial charge in [-0.1, -0.05) is 0 Å². The monoisotopic (exact) mass is 402 g/mol. The highest BCUT2D eigenvalue weighted by Crippen LogP contribution is 2.20. The van der Waals surface area contributed by atoms with Crippen LogP contribution < -0.4 is 15.0 Å². The third kappa shape index (κ3) is 5.23. The van der Waals surface area contributed by atoms with E-state index in [1.54, 1.807) is 12.1 Å². The molecule has 1 amide bonds. The van der Waals surface area contributed by atoms with Crippen molar-refractivity contribution in [2.24, 2.45) is 0 Å². The fraction of sp³-hybridized carbons (Fsp3) is 0.333. The molecule has 1 unspecified atom stereocenters. The number of hydrogen-bond donors (Lipinski definition) is 1. The van der Waals surface area contributed by atoms with E-state index < -0.39 is 23.8 Å². The predicted molar refractivity (Wildman–Crippen MR) is 106 cm³/mol. The molecule has 1 fully saturated rings. The van der Waals surface area contributed by atoms with Gasteiger partial charge in [0.25, 0.3) is 5.91 Å². The third-order valence-corrected chi connectivity index (χ3v) is 4.56. The van der Waals surface area contributed by atoms with Crippen LogP contribution in [0.4, 0.5) is 15.8 Å². The number of morpholine rings is 1. The molecule has 1 N–H and O–H groups in total. The van der Waals surface area contributed by atoms with Crippen molar-refractivity contribution in [2.45, 2.75) is 13.0 Å². The summed E-state index contributed by atoms with van der Waals surface area (Å²) < 4.78 is 29.3. The molecule has 29 heavy (non-hydrogen) atoms. The SMILES string of the molecule is COc1ccc(C(=O)OC(C)C(=O)Nc2ccc(N3CCOCC3)cc2)c(F)c1. The first-order valence-corrected chi connectivity index (χ1v) is 9.26. The zero-order valence-corrected chi connectivity index (χ0v) is 16.3.